The third kappa shape index (κ3) is 3.48. The highest BCUT2D eigenvalue weighted by molar-refractivity contribution is 7.14. The fourth-order valence-electron chi connectivity index (χ4n) is 3.09. The van der Waals surface area contributed by atoms with Crippen molar-refractivity contribution in [3.8, 4) is 11.3 Å². The third-order valence-electron chi connectivity index (χ3n) is 4.62. The van der Waals surface area contributed by atoms with Gasteiger partial charge in [0.2, 0.25) is 0 Å². The van der Waals surface area contributed by atoms with Crippen molar-refractivity contribution in [2.75, 3.05) is 23.3 Å². The first-order valence-corrected chi connectivity index (χ1v) is 10.1. The number of aromatic amines is 1. The summed E-state index contributed by atoms with van der Waals surface area (Å²) in [5.41, 5.74) is 3.26. The van der Waals surface area contributed by atoms with Crippen LogP contribution in [0.3, 0.4) is 0 Å². The van der Waals surface area contributed by atoms with Crippen LogP contribution in [0.5, 0.6) is 0 Å². The molecule has 4 aromatic rings. The van der Waals surface area contributed by atoms with Crippen LogP contribution in [-0.2, 0) is 0 Å². The molecule has 1 aromatic carbocycles. The van der Waals surface area contributed by atoms with Crippen molar-refractivity contribution in [3.63, 3.8) is 0 Å². The van der Waals surface area contributed by atoms with Crippen LogP contribution in [0, 0.1) is 0 Å². The van der Waals surface area contributed by atoms with Gasteiger partial charge in [0.05, 0.1) is 5.69 Å². The number of benzene rings is 1. The molecule has 0 atom stereocenters. The molecule has 2 N–H and O–H groups in total. The van der Waals surface area contributed by atoms with Gasteiger partial charge in [0.1, 0.15) is 11.5 Å². The maximum Gasteiger partial charge on any atom is 0.256 e. The fraction of sp³-hybridized carbons (Fsp3) is 0.190. The minimum Gasteiger partial charge on any atom is -0.349 e. The molecule has 0 saturated carbocycles. The molecule has 1 amide bonds. The molecule has 0 bridgehead atoms. The number of rotatable bonds is 6. The van der Waals surface area contributed by atoms with Gasteiger partial charge in [-0.25, -0.2) is 9.97 Å². The second-order valence-electron chi connectivity index (χ2n) is 6.30. The van der Waals surface area contributed by atoms with E-state index in [9.17, 15) is 4.79 Å². The molecule has 4 rings (SSSR count). The summed E-state index contributed by atoms with van der Waals surface area (Å²) < 4.78 is 0. The Hall–Kier alpha value is -3.19. The molecule has 0 spiro atoms. The number of nitrogens with one attached hydrogen (secondary N) is 2. The lowest BCUT2D eigenvalue weighted by atomic mass is 10.2. The van der Waals surface area contributed by atoms with Crippen LogP contribution in [0.1, 0.15) is 24.2 Å². The van der Waals surface area contributed by atoms with E-state index in [1.807, 2.05) is 36.5 Å². The lowest BCUT2D eigenvalue weighted by Gasteiger charge is -2.16. The van der Waals surface area contributed by atoms with E-state index >= 15 is 0 Å². The Labute approximate surface area is 167 Å². The molecule has 0 aliphatic carbocycles. The summed E-state index contributed by atoms with van der Waals surface area (Å²) in [7, 11) is 0. The lowest BCUT2D eigenvalue weighted by molar-refractivity contribution is 0.102. The SMILES string of the molecule is CCN(CC)c1nc(-c2c[nH]c3nc(NC(=O)c4ccccc4)ccc23)cs1. The van der Waals surface area contributed by atoms with Crippen LogP contribution in [0.15, 0.2) is 54.0 Å². The van der Waals surface area contributed by atoms with Crippen LogP contribution in [-0.4, -0.2) is 33.9 Å². The second-order valence-corrected chi connectivity index (χ2v) is 7.14. The molecule has 0 saturated heterocycles. The quantitative estimate of drug-likeness (QED) is 0.496. The van der Waals surface area contributed by atoms with Crippen molar-refractivity contribution in [1.82, 2.24) is 15.0 Å². The maximum absolute atomic E-state index is 12.3. The summed E-state index contributed by atoms with van der Waals surface area (Å²) in [6.07, 6.45) is 1.92. The molecule has 6 nitrogen and oxygen atoms in total. The molecule has 3 aromatic heterocycles. The van der Waals surface area contributed by atoms with E-state index in [-0.39, 0.29) is 5.91 Å². The van der Waals surface area contributed by atoms with Crippen LogP contribution in [0.25, 0.3) is 22.3 Å². The first-order valence-electron chi connectivity index (χ1n) is 9.25. The van der Waals surface area contributed by atoms with E-state index in [1.165, 1.54) is 0 Å². The van der Waals surface area contributed by atoms with Crippen molar-refractivity contribution < 1.29 is 4.79 Å². The smallest absolute Gasteiger partial charge is 0.256 e. The number of carbonyl (C=O) groups is 1. The van der Waals surface area contributed by atoms with E-state index in [0.717, 1.165) is 40.5 Å². The summed E-state index contributed by atoms with van der Waals surface area (Å²) >= 11 is 1.65. The maximum atomic E-state index is 12.3. The lowest BCUT2D eigenvalue weighted by Crippen LogP contribution is -2.21. The molecule has 28 heavy (non-hydrogen) atoms. The summed E-state index contributed by atoms with van der Waals surface area (Å²) in [5, 5.41) is 6.92. The van der Waals surface area contributed by atoms with Gasteiger partial charge in [-0.2, -0.15) is 0 Å². The summed E-state index contributed by atoms with van der Waals surface area (Å²) in [5.74, 6) is 0.333. The van der Waals surface area contributed by atoms with Crippen molar-refractivity contribution in [3.05, 3.63) is 59.6 Å². The monoisotopic (exact) mass is 391 g/mol. The van der Waals surface area contributed by atoms with E-state index < -0.39 is 0 Å². The molecule has 142 valence electrons. The normalized spacial score (nSPS) is 10.9. The summed E-state index contributed by atoms with van der Waals surface area (Å²) in [6, 6.07) is 12.9. The first kappa shape index (κ1) is 18.2. The zero-order valence-corrected chi connectivity index (χ0v) is 16.6. The van der Waals surface area contributed by atoms with Crippen molar-refractivity contribution >= 4 is 39.2 Å². The highest BCUT2D eigenvalue weighted by atomic mass is 32.1. The molecule has 0 unspecified atom stereocenters. The number of hydrogen-bond donors (Lipinski definition) is 2. The van der Waals surface area contributed by atoms with Gasteiger partial charge in [-0.15, -0.1) is 11.3 Å². The molecule has 7 heteroatoms. The Morgan fingerprint density at radius 3 is 2.64 bits per heavy atom. The predicted molar refractivity (Wildman–Crippen MR) is 115 cm³/mol. The fourth-order valence-corrected chi connectivity index (χ4v) is 4.05. The van der Waals surface area contributed by atoms with E-state index in [2.05, 4.69) is 39.4 Å². The number of carbonyl (C=O) groups excluding carboxylic acids is 1. The zero-order valence-electron chi connectivity index (χ0n) is 15.8. The number of nitrogens with zero attached hydrogens (tertiary/aromatic N) is 3. The van der Waals surface area contributed by atoms with Crippen molar-refractivity contribution in [1.29, 1.82) is 0 Å². The Morgan fingerprint density at radius 1 is 1.11 bits per heavy atom. The Bertz CT molecular complexity index is 1100. The number of anilines is 2. The number of hydrogen-bond acceptors (Lipinski definition) is 5. The second kappa shape index (κ2) is 7.82. The molecule has 3 heterocycles. The van der Waals surface area contributed by atoms with Gasteiger partial charge in [-0.05, 0) is 38.1 Å². The van der Waals surface area contributed by atoms with Crippen molar-refractivity contribution in [2.45, 2.75) is 13.8 Å². The minimum absolute atomic E-state index is 0.178. The number of H-pyrrole nitrogens is 1. The molecule has 0 aliphatic rings. The summed E-state index contributed by atoms with van der Waals surface area (Å²) in [6.45, 7) is 6.13. The largest absolute Gasteiger partial charge is 0.349 e. The van der Waals surface area contributed by atoms with Crippen LogP contribution in [0.4, 0.5) is 10.9 Å². The first-order chi connectivity index (χ1) is 13.7. The standard InChI is InChI=1S/C21H21N5OS/c1-3-26(4-2)21-23-17(13-28-21)16-12-22-19-15(16)10-11-18(24-19)25-20(27)14-8-6-5-7-9-14/h5-13H,3-4H2,1-2H3,(H2,22,24,25,27). The highest BCUT2D eigenvalue weighted by Gasteiger charge is 2.14. The molecule has 0 fully saturated rings. The Balaban J connectivity index is 1.59. The number of amides is 1. The van der Waals surface area contributed by atoms with E-state index in [1.54, 1.807) is 23.5 Å². The van der Waals surface area contributed by atoms with Gasteiger partial charge in [0, 0.05) is 41.2 Å². The average molecular weight is 392 g/mol. The molecule has 0 aliphatic heterocycles. The van der Waals surface area contributed by atoms with Gasteiger partial charge < -0.3 is 15.2 Å². The van der Waals surface area contributed by atoms with E-state index in [0.29, 0.717) is 11.4 Å². The Kier molecular flexibility index (Phi) is 5.08. The van der Waals surface area contributed by atoms with Crippen LogP contribution >= 0.6 is 11.3 Å². The van der Waals surface area contributed by atoms with Gasteiger partial charge in [0.15, 0.2) is 5.13 Å². The molecular weight excluding hydrogens is 370 g/mol. The number of aromatic nitrogens is 3. The number of fused-ring (bicyclic) bond motifs is 1. The molecular formula is C21H21N5OS. The van der Waals surface area contributed by atoms with Gasteiger partial charge in [-0.1, -0.05) is 18.2 Å². The van der Waals surface area contributed by atoms with Crippen LogP contribution < -0.4 is 10.2 Å². The highest BCUT2D eigenvalue weighted by Crippen LogP contribution is 2.32. The Morgan fingerprint density at radius 2 is 1.89 bits per heavy atom. The van der Waals surface area contributed by atoms with Gasteiger partial charge in [0.25, 0.3) is 5.91 Å². The average Bonchev–Trinajstić information content (AvgIpc) is 3.36. The topological polar surface area (TPSA) is 73.9 Å². The van der Waals surface area contributed by atoms with Gasteiger partial charge in [-0.3, -0.25) is 4.79 Å². The molecule has 0 radical (unpaired) electrons. The number of thiazole rings is 1. The number of pyridine rings is 1. The third-order valence-corrected chi connectivity index (χ3v) is 5.52. The zero-order chi connectivity index (χ0) is 19.5. The summed E-state index contributed by atoms with van der Waals surface area (Å²) in [4.78, 5) is 27.1. The van der Waals surface area contributed by atoms with Crippen LogP contribution in [0.2, 0.25) is 0 Å². The van der Waals surface area contributed by atoms with E-state index in [4.69, 9.17) is 4.98 Å². The predicted octanol–water partition coefficient (Wildman–Crippen LogP) is 4.78. The van der Waals surface area contributed by atoms with Crippen molar-refractivity contribution in [2.24, 2.45) is 0 Å². The minimum atomic E-state index is -0.178. The van der Waals surface area contributed by atoms with Gasteiger partial charge >= 0.3 is 0 Å².